The molecule has 4 heteroatoms. The molecule has 0 amide bonds. The highest BCUT2D eigenvalue weighted by atomic mass is 16.7. The van der Waals surface area contributed by atoms with Gasteiger partial charge in [-0.1, -0.05) is 19.9 Å². The third-order valence-corrected chi connectivity index (χ3v) is 3.71. The van der Waals surface area contributed by atoms with Crippen LogP contribution in [0.1, 0.15) is 19.4 Å². The van der Waals surface area contributed by atoms with Gasteiger partial charge < -0.3 is 20.1 Å². The first-order valence-electron chi connectivity index (χ1n) is 7.07. The van der Waals surface area contributed by atoms with E-state index in [-0.39, 0.29) is 0 Å². The molecule has 1 aromatic carbocycles. The van der Waals surface area contributed by atoms with E-state index in [2.05, 4.69) is 30.9 Å². The molecule has 0 saturated carbocycles. The molecule has 0 radical (unpaired) electrons. The highest BCUT2D eigenvalue weighted by Crippen LogP contribution is 2.33. The standard InChI is InChI=1S/C15H24N2O2/c1-3-17(4-2)10-13(9-16)7-12-5-6-14-15(8-12)19-11-18-14/h5-6,8,13H,3-4,7,9-11,16H2,1-2H3. The normalized spacial score (nSPS) is 14.9. The number of fused-ring (bicyclic) bond motifs is 1. The molecular weight excluding hydrogens is 240 g/mol. The topological polar surface area (TPSA) is 47.7 Å². The third kappa shape index (κ3) is 3.61. The minimum Gasteiger partial charge on any atom is -0.454 e. The molecule has 1 aliphatic rings. The van der Waals surface area contributed by atoms with Crippen LogP contribution in [0.3, 0.4) is 0 Å². The number of benzene rings is 1. The summed E-state index contributed by atoms with van der Waals surface area (Å²) in [5.41, 5.74) is 7.18. The lowest BCUT2D eigenvalue weighted by Crippen LogP contribution is -2.33. The maximum absolute atomic E-state index is 5.91. The van der Waals surface area contributed by atoms with Gasteiger partial charge in [0.15, 0.2) is 11.5 Å². The molecule has 2 rings (SSSR count). The van der Waals surface area contributed by atoms with Gasteiger partial charge in [0.05, 0.1) is 0 Å². The average molecular weight is 264 g/mol. The van der Waals surface area contributed by atoms with Crippen molar-refractivity contribution in [3.05, 3.63) is 23.8 Å². The van der Waals surface area contributed by atoms with E-state index in [9.17, 15) is 0 Å². The van der Waals surface area contributed by atoms with Crippen LogP contribution in [-0.2, 0) is 6.42 Å². The molecule has 1 aromatic rings. The number of ether oxygens (including phenoxy) is 2. The lowest BCUT2D eigenvalue weighted by molar-refractivity contribution is 0.174. The van der Waals surface area contributed by atoms with Crippen LogP contribution in [0.4, 0.5) is 0 Å². The van der Waals surface area contributed by atoms with Gasteiger partial charge >= 0.3 is 0 Å². The van der Waals surface area contributed by atoms with Crippen molar-refractivity contribution >= 4 is 0 Å². The maximum atomic E-state index is 5.91. The van der Waals surface area contributed by atoms with Crippen LogP contribution in [0.15, 0.2) is 18.2 Å². The zero-order valence-electron chi connectivity index (χ0n) is 11.9. The van der Waals surface area contributed by atoms with Gasteiger partial charge in [-0.3, -0.25) is 0 Å². The molecule has 2 N–H and O–H groups in total. The molecule has 0 spiro atoms. The van der Waals surface area contributed by atoms with Gasteiger partial charge in [-0.25, -0.2) is 0 Å². The van der Waals surface area contributed by atoms with E-state index < -0.39 is 0 Å². The van der Waals surface area contributed by atoms with Gasteiger partial charge in [0.25, 0.3) is 0 Å². The summed E-state index contributed by atoms with van der Waals surface area (Å²) in [6, 6.07) is 6.17. The molecule has 106 valence electrons. The van der Waals surface area contributed by atoms with E-state index in [0.29, 0.717) is 19.3 Å². The van der Waals surface area contributed by atoms with Gasteiger partial charge in [0, 0.05) is 6.54 Å². The van der Waals surface area contributed by atoms with Crippen LogP contribution >= 0.6 is 0 Å². The smallest absolute Gasteiger partial charge is 0.231 e. The average Bonchev–Trinajstić information content (AvgIpc) is 2.90. The summed E-state index contributed by atoms with van der Waals surface area (Å²) < 4.78 is 10.7. The van der Waals surface area contributed by atoms with Crippen molar-refractivity contribution < 1.29 is 9.47 Å². The highest BCUT2D eigenvalue weighted by molar-refractivity contribution is 5.44. The van der Waals surface area contributed by atoms with Crippen molar-refractivity contribution in [1.29, 1.82) is 0 Å². The van der Waals surface area contributed by atoms with Crippen molar-refractivity contribution in [1.82, 2.24) is 4.90 Å². The minimum atomic E-state index is 0.332. The predicted octanol–water partition coefficient (Wildman–Crippen LogP) is 1.87. The van der Waals surface area contributed by atoms with Gasteiger partial charge in [-0.15, -0.1) is 0 Å². The van der Waals surface area contributed by atoms with Crippen LogP contribution in [0.2, 0.25) is 0 Å². The molecule has 1 unspecified atom stereocenters. The summed E-state index contributed by atoms with van der Waals surface area (Å²) >= 11 is 0. The van der Waals surface area contributed by atoms with Gasteiger partial charge in [0.2, 0.25) is 6.79 Å². The molecule has 1 aliphatic heterocycles. The molecule has 19 heavy (non-hydrogen) atoms. The second-order valence-electron chi connectivity index (χ2n) is 4.98. The third-order valence-electron chi connectivity index (χ3n) is 3.71. The predicted molar refractivity (Wildman–Crippen MR) is 76.6 cm³/mol. The van der Waals surface area contributed by atoms with Gasteiger partial charge in [-0.05, 0) is 49.7 Å². The summed E-state index contributed by atoms with van der Waals surface area (Å²) in [5, 5.41) is 0. The molecule has 0 bridgehead atoms. The summed E-state index contributed by atoms with van der Waals surface area (Å²) in [5.74, 6) is 2.19. The molecule has 0 fully saturated rings. The number of nitrogens with zero attached hydrogens (tertiary/aromatic N) is 1. The Morgan fingerprint density at radius 2 is 1.95 bits per heavy atom. The van der Waals surface area contributed by atoms with Crippen LogP contribution in [0, 0.1) is 5.92 Å². The Morgan fingerprint density at radius 3 is 2.63 bits per heavy atom. The van der Waals surface area contributed by atoms with Crippen molar-refractivity contribution in [2.75, 3.05) is 33.0 Å². The second kappa shape index (κ2) is 6.78. The van der Waals surface area contributed by atoms with E-state index in [0.717, 1.165) is 37.6 Å². The molecule has 0 aliphatic carbocycles. The number of rotatable bonds is 7. The Labute approximate surface area is 115 Å². The number of hydrogen-bond donors (Lipinski definition) is 1. The first-order valence-corrected chi connectivity index (χ1v) is 7.07. The highest BCUT2D eigenvalue weighted by Gasteiger charge is 2.16. The van der Waals surface area contributed by atoms with E-state index in [1.807, 2.05) is 6.07 Å². The number of hydrogen-bond acceptors (Lipinski definition) is 4. The minimum absolute atomic E-state index is 0.332. The maximum Gasteiger partial charge on any atom is 0.231 e. The summed E-state index contributed by atoms with van der Waals surface area (Å²) in [6.07, 6.45) is 0.990. The molecule has 1 heterocycles. The molecule has 0 aromatic heterocycles. The van der Waals surface area contributed by atoms with Crippen LogP contribution in [0.25, 0.3) is 0 Å². The fourth-order valence-corrected chi connectivity index (χ4v) is 2.47. The summed E-state index contributed by atoms with van der Waals surface area (Å²) in [7, 11) is 0. The number of nitrogens with two attached hydrogens (primary N) is 1. The quantitative estimate of drug-likeness (QED) is 0.817. The zero-order chi connectivity index (χ0) is 13.7. The Balaban J connectivity index is 1.98. The van der Waals surface area contributed by atoms with Gasteiger partial charge in [-0.2, -0.15) is 0 Å². The fourth-order valence-electron chi connectivity index (χ4n) is 2.47. The van der Waals surface area contributed by atoms with Crippen molar-refractivity contribution in [3.8, 4) is 11.5 Å². The van der Waals surface area contributed by atoms with Crippen molar-refractivity contribution in [2.45, 2.75) is 20.3 Å². The van der Waals surface area contributed by atoms with E-state index in [1.54, 1.807) is 0 Å². The van der Waals surface area contributed by atoms with Gasteiger partial charge in [0.1, 0.15) is 0 Å². The van der Waals surface area contributed by atoms with Crippen LogP contribution in [0.5, 0.6) is 11.5 Å². The van der Waals surface area contributed by atoms with Crippen molar-refractivity contribution in [3.63, 3.8) is 0 Å². The fraction of sp³-hybridized carbons (Fsp3) is 0.600. The Bertz CT molecular complexity index is 405. The first-order chi connectivity index (χ1) is 9.26. The summed E-state index contributed by atoms with van der Waals surface area (Å²) in [6.45, 7) is 8.64. The first kappa shape index (κ1) is 14.2. The molecule has 1 atom stereocenters. The van der Waals surface area contributed by atoms with E-state index >= 15 is 0 Å². The Hall–Kier alpha value is -1.26. The monoisotopic (exact) mass is 264 g/mol. The molecular formula is C15H24N2O2. The van der Waals surface area contributed by atoms with E-state index in [1.165, 1.54) is 5.56 Å². The Kier molecular flexibility index (Phi) is 5.05. The van der Waals surface area contributed by atoms with Crippen molar-refractivity contribution in [2.24, 2.45) is 11.7 Å². The van der Waals surface area contributed by atoms with E-state index in [4.69, 9.17) is 15.2 Å². The zero-order valence-corrected chi connectivity index (χ0v) is 11.9. The Morgan fingerprint density at radius 1 is 1.21 bits per heavy atom. The van der Waals surface area contributed by atoms with Crippen LogP contribution in [-0.4, -0.2) is 37.9 Å². The molecule has 0 saturated heterocycles. The lowest BCUT2D eigenvalue weighted by Gasteiger charge is -2.24. The second-order valence-corrected chi connectivity index (χ2v) is 4.98. The molecule has 4 nitrogen and oxygen atoms in total. The lowest BCUT2D eigenvalue weighted by atomic mass is 9.98. The van der Waals surface area contributed by atoms with Crippen LogP contribution < -0.4 is 15.2 Å². The largest absolute Gasteiger partial charge is 0.454 e. The summed E-state index contributed by atoms with van der Waals surface area (Å²) in [4.78, 5) is 2.42. The SMILES string of the molecule is CCN(CC)CC(CN)Cc1ccc2c(c1)OCO2.